The Morgan fingerprint density at radius 1 is 1.24 bits per heavy atom. The lowest BCUT2D eigenvalue weighted by Crippen LogP contribution is -2.17. The molecule has 3 aromatic rings. The van der Waals surface area contributed by atoms with Gasteiger partial charge in [-0.25, -0.2) is 0 Å². The molecule has 0 radical (unpaired) electrons. The van der Waals surface area contributed by atoms with Crippen molar-refractivity contribution in [2.45, 2.75) is 19.5 Å². The van der Waals surface area contributed by atoms with Gasteiger partial charge in [-0.2, -0.15) is 0 Å². The van der Waals surface area contributed by atoms with E-state index in [2.05, 4.69) is 55.9 Å². The van der Waals surface area contributed by atoms with E-state index >= 15 is 0 Å². The van der Waals surface area contributed by atoms with Crippen molar-refractivity contribution in [1.29, 1.82) is 0 Å². The highest BCUT2D eigenvalue weighted by atomic mass is 79.9. The van der Waals surface area contributed by atoms with Crippen LogP contribution in [0.1, 0.15) is 23.7 Å². The van der Waals surface area contributed by atoms with Gasteiger partial charge >= 0.3 is 0 Å². The number of benzene rings is 1. The molecule has 0 fully saturated rings. The molecule has 0 bridgehead atoms. The summed E-state index contributed by atoms with van der Waals surface area (Å²) in [5, 5.41) is 13.7. The Morgan fingerprint density at radius 2 is 2.10 bits per heavy atom. The molecule has 2 heterocycles. The number of nitrogens with one attached hydrogen (secondary N) is 1. The smallest absolute Gasteiger partial charge is 0.248 e. The fraction of sp³-hybridized carbons (Fsp3) is 0.200. The molecule has 1 aromatic carbocycles. The molecule has 1 atom stereocenters. The molecule has 3 rings (SSSR count). The third kappa shape index (κ3) is 3.40. The number of hydrogen-bond acceptors (Lipinski definition) is 5. The Labute approximate surface area is 135 Å². The SMILES string of the molecule is C[C@@H](NCc1nnc(-c2ccccc2Br)o1)c1cccs1. The molecule has 0 aliphatic heterocycles. The summed E-state index contributed by atoms with van der Waals surface area (Å²) in [6.07, 6.45) is 0. The highest BCUT2D eigenvalue weighted by Crippen LogP contribution is 2.26. The number of hydrogen-bond donors (Lipinski definition) is 1. The Kier molecular flexibility index (Phi) is 4.48. The van der Waals surface area contributed by atoms with Crippen LogP contribution in [0.5, 0.6) is 0 Å². The number of halogens is 1. The number of rotatable bonds is 5. The Hall–Kier alpha value is -1.50. The van der Waals surface area contributed by atoms with Crippen LogP contribution >= 0.6 is 27.3 Å². The average molecular weight is 364 g/mol. The van der Waals surface area contributed by atoms with Crippen molar-refractivity contribution in [2.75, 3.05) is 0 Å². The van der Waals surface area contributed by atoms with Crippen LogP contribution in [-0.4, -0.2) is 10.2 Å². The largest absolute Gasteiger partial charge is 0.419 e. The normalized spacial score (nSPS) is 12.5. The molecular formula is C15H14BrN3OS. The summed E-state index contributed by atoms with van der Waals surface area (Å²) in [6.45, 7) is 2.67. The van der Waals surface area contributed by atoms with E-state index in [1.165, 1.54) is 4.88 Å². The van der Waals surface area contributed by atoms with Gasteiger partial charge in [0.05, 0.1) is 12.1 Å². The van der Waals surface area contributed by atoms with Crippen LogP contribution in [0, 0.1) is 0 Å². The molecular weight excluding hydrogens is 350 g/mol. The van der Waals surface area contributed by atoms with E-state index in [9.17, 15) is 0 Å². The molecule has 0 unspecified atom stereocenters. The van der Waals surface area contributed by atoms with Crippen molar-refractivity contribution in [1.82, 2.24) is 15.5 Å². The summed E-state index contributed by atoms with van der Waals surface area (Å²) in [5.41, 5.74) is 0.905. The Balaban J connectivity index is 1.67. The first-order valence-electron chi connectivity index (χ1n) is 6.58. The fourth-order valence-corrected chi connectivity index (χ4v) is 3.16. The van der Waals surface area contributed by atoms with Gasteiger partial charge in [0, 0.05) is 15.4 Å². The minimum atomic E-state index is 0.267. The van der Waals surface area contributed by atoms with Crippen LogP contribution in [0.25, 0.3) is 11.5 Å². The van der Waals surface area contributed by atoms with Crippen molar-refractivity contribution in [2.24, 2.45) is 0 Å². The lowest BCUT2D eigenvalue weighted by atomic mass is 10.2. The fourth-order valence-electron chi connectivity index (χ4n) is 1.95. The zero-order valence-corrected chi connectivity index (χ0v) is 13.8. The van der Waals surface area contributed by atoms with Crippen LogP contribution in [-0.2, 0) is 6.54 Å². The van der Waals surface area contributed by atoms with Gasteiger partial charge in [0.25, 0.3) is 0 Å². The van der Waals surface area contributed by atoms with Crippen LogP contribution in [0.2, 0.25) is 0 Å². The van der Waals surface area contributed by atoms with E-state index in [-0.39, 0.29) is 6.04 Å². The molecule has 0 saturated carbocycles. The standard InChI is InChI=1S/C15H14BrN3OS/c1-10(13-7-4-8-21-13)17-9-14-18-19-15(20-14)11-5-2-3-6-12(11)16/h2-8,10,17H,9H2,1H3/t10-/m1/s1. The molecule has 4 nitrogen and oxygen atoms in total. The molecule has 21 heavy (non-hydrogen) atoms. The second kappa shape index (κ2) is 6.51. The van der Waals surface area contributed by atoms with E-state index in [0.717, 1.165) is 10.0 Å². The van der Waals surface area contributed by atoms with E-state index in [0.29, 0.717) is 18.3 Å². The lowest BCUT2D eigenvalue weighted by Gasteiger charge is -2.09. The van der Waals surface area contributed by atoms with Gasteiger partial charge in [-0.15, -0.1) is 21.5 Å². The molecule has 1 N–H and O–H groups in total. The van der Waals surface area contributed by atoms with Crippen LogP contribution in [0.4, 0.5) is 0 Å². The van der Waals surface area contributed by atoms with Crippen molar-refractivity contribution in [3.63, 3.8) is 0 Å². The topological polar surface area (TPSA) is 51.0 Å². The molecule has 0 saturated heterocycles. The first kappa shape index (κ1) is 14.4. The molecule has 6 heteroatoms. The van der Waals surface area contributed by atoms with Gasteiger partial charge in [0.2, 0.25) is 11.8 Å². The monoisotopic (exact) mass is 363 g/mol. The zero-order chi connectivity index (χ0) is 14.7. The van der Waals surface area contributed by atoms with Crippen molar-refractivity contribution < 1.29 is 4.42 Å². The summed E-state index contributed by atoms with van der Waals surface area (Å²) in [4.78, 5) is 1.29. The highest BCUT2D eigenvalue weighted by molar-refractivity contribution is 9.10. The second-order valence-electron chi connectivity index (χ2n) is 4.60. The minimum Gasteiger partial charge on any atom is -0.419 e. The van der Waals surface area contributed by atoms with Gasteiger partial charge in [0.1, 0.15) is 0 Å². The zero-order valence-electron chi connectivity index (χ0n) is 11.4. The van der Waals surface area contributed by atoms with E-state index in [4.69, 9.17) is 4.42 Å². The minimum absolute atomic E-state index is 0.267. The van der Waals surface area contributed by atoms with Gasteiger partial charge in [-0.1, -0.05) is 18.2 Å². The maximum absolute atomic E-state index is 5.71. The van der Waals surface area contributed by atoms with Crippen molar-refractivity contribution in [3.8, 4) is 11.5 Å². The predicted octanol–water partition coefficient (Wildman–Crippen LogP) is 4.41. The predicted molar refractivity (Wildman–Crippen MR) is 87.0 cm³/mol. The Morgan fingerprint density at radius 3 is 2.86 bits per heavy atom. The summed E-state index contributed by atoms with van der Waals surface area (Å²) >= 11 is 5.22. The van der Waals surface area contributed by atoms with Crippen molar-refractivity contribution >= 4 is 27.3 Å². The summed E-state index contributed by atoms with van der Waals surface area (Å²) < 4.78 is 6.65. The molecule has 2 aromatic heterocycles. The van der Waals surface area contributed by atoms with Gasteiger partial charge in [-0.05, 0) is 46.4 Å². The first-order chi connectivity index (χ1) is 10.2. The van der Waals surface area contributed by atoms with E-state index < -0.39 is 0 Å². The van der Waals surface area contributed by atoms with E-state index in [1.807, 2.05) is 24.3 Å². The van der Waals surface area contributed by atoms with Crippen molar-refractivity contribution in [3.05, 3.63) is 57.0 Å². The van der Waals surface area contributed by atoms with Gasteiger partial charge < -0.3 is 9.73 Å². The first-order valence-corrected chi connectivity index (χ1v) is 8.25. The Bertz CT molecular complexity index is 711. The maximum Gasteiger partial charge on any atom is 0.248 e. The summed E-state index contributed by atoms with van der Waals surface area (Å²) in [6, 6.07) is 12.2. The van der Waals surface area contributed by atoms with Crippen LogP contribution in [0.3, 0.4) is 0 Å². The van der Waals surface area contributed by atoms with Crippen LogP contribution < -0.4 is 5.32 Å². The van der Waals surface area contributed by atoms with E-state index in [1.54, 1.807) is 11.3 Å². The number of aromatic nitrogens is 2. The number of nitrogens with zero attached hydrogens (tertiary/aromatic N) is 2. The summed E-state index contributed by atoms with van der Waals surface area (Å²) in [5.74, 6) is 1.12. The van der Waals surface area contributed by atoms with Gasteiger partial charge in [0.15, 0.2) is 0 Å². The third-order valence-electron chi connectivity index (χ3n) is 3.10. The average Bonchev–Trinajstić information content (AvgIpc) is 3.17. The lowest BCUT2D eigenvalue weighted by molar-refractivity contribution is 0.456. The third-order valence-corrected chi connectivity index (χ3v) is 4.85. The molecule has 0 spiro atoms. The molecule has 0 aliphatic rings. The van der Waals surface area contributed by atoms with Crippen LogP contribution in [0.15, 0.2) is 50.7 Å². The highest BCUT2D eigenvalue weighted by Gasteiger charge is 2.12. The number of thiophene rings is 1. The molecule has 0 aliphatic carbocycles. The summed E-state index contributed by atoms with van der Waals surface area (Å²) in [7, 11) is 0. The maximum atomic E-state index is 5.71. The molecule has 108 valence electrons. The molecule has 0 amide bonds. The quantitative estimate of drug-likeness (QED) is 0.729. The van der Waals surface area contributed by atoms with Gasteiger partial charge in [-0.3, -0.25) is 0 Å². The second-order valence-corrected chi connectivity index (χ2v) is 6.43.